The quantitative estimate of drug-likeness (QED) is 0.724. The van der Waals surface area contributed by atoms with Crippen LogP contribution in [0.5, 0.6) is 0 Å². The summed E-state index contributed by atoms with van der Waals surface area (Å²) < 4.78 is 5.02. The molecule has 3 amide bonds. The number of nitrogens with one attached hydrogen (secondary N) is 2. The van der Waals surface area contributed by atoms with Crippen LogP contribution in [0.25, 0.3) is 0 Å². The lowest BCUT2D eigenvalue weighted by Crippen LogP contribution is -2.51. The van der Waals surface area contributed by atoms with Crippen molar-refractivity contribution in [1.29, 1.82) is 0 Å². The topological polar surface area (TPSA) is 108 Å². The molecular formula is C17H25N3O5. The van der Waals surface area contributed by atoms with Crippen molar-refractivity contribution in [2.75, 3.05) is 13.6 Å². The van der Waals surface area contributed by atoms with Gasteiger partial charge in [0.05, 0.1) is 6.54 Å². The Hall–Kier alpha value is -2.77. The van der Waals surface area contributed by atoms with Gasteiger partial charge in [-0.05, 0) is 26.3 Å². The lowest BCUT2D eigenvalue weighted by Gasteiger charge is -2.23. The van der Waals surface area contributed by atoms with Crippen LogP contribution in [0.15, 0.2) is 30.3 Å². The highest BCUT2D eigenvalue weighted by atomic mass is 16.6. The van der Waals surface area contributed by atoms with E-state index < -0.39 is 29.7 Å². The molecule has 0 aliphatic heterocycles. The van der Waals surface area contributed by atoms with Crippen LogP contribution in [0.1, 0.15) is 26.3 Å². The maximum atomic E-state index is 12.1. The Balaban J connectivity index is 2.52. The largest absolute Gasteiger partial charge is 0.480 e. The van der Waals surface area contributed by atoms with E-state index in [0.717, 1.165) is 5.56 Å². The lowest BCUT2D eigenvalue weighted by atomic mass is 10.2. The van der Waals surface area contributed by atoms with Crippen LogP contribution < -0.4 is 10.6 Å². The molecule has 0 aliphatic carbocycles. The number of urea groups is 1. The Morgan fingerprint density at radius 2 is 1.80 bits per heavy atom. The van der Waals surface area contributed by atoms with Crippen molar-refractivity contribution in [2.45, 2.75) is 39.0 Å². The van der Waals surface area contributed by atoms with E-state index in [1.54, 1.807) is 27.8 Å². The number of benzene rings is 1. The van der Waals surface area contributed by atoms with E-state index in [-0.39, 0.29) is 6.54 Å². The Morgan fingerprint density at radius 3 is 2.32 bits per heavy atom. The average Bonchev–Trinajstić information content (AvgIpc) is 2.49. The van der Waals surface area contributed by atoms with Crippen LogP contribution in [-0.4, -0.2) is 53.3 Å². The first kappa shape index (κ1) is 20.3. The molecule has 8 nitrogen and oxygen atoms in total. The van der Waals surface area contributed by atoms with Crippen molar-refractivity contribution in [3.8, 4) is 0 Å². The number of rotatable bonds is 6. The zero-order valence-corrected chi connectivity index (χ0v) is 14.9. The number of carboxylic acid groups (broad SMARTS) is 1. The van der Waals surface area contributed by atoms with Gasteiger partial charge >= 0.3 is 18.1 Å². The van der Waals surface area contributed by atoms with Gasteiger partial charge in [0.1, 0.15) is 11.6 Å². The summed E-state index contributed by atoms with van der Waals surface area (Å²) in [5, 5.41) is 13.9. The monoisotopic (exact) mass is 351 g/mol. The Morgan fingerprint density at radius 1 is 1.20 bits per heavy atom. The lowest BCUT2D eigenvalue weighted by molar-refractivity contribution is -0.139. The van der Waals surface area contributed by atoms with Crippen molar-refractivity contribution >= 4 is 18.1 Å². The van der Waals surface area contributed by atoms with Gasteiger partial charge in [-0.3, -0.25) is 0 Å². The molecule has 8 heteroatoms. The summed E-state index contributed by atoms with van der Waals surface area (Å²) in [5.74, 6) is -1.27. The number of carbonyl (C=O) groups is 3. The van der Waals surface area contributed by atoms with Gasteiger partial charge in [0.2, 0.25) is 0 Å². The second kappa shape index (κ2) is 8.91. The predicted octanol–water partition coefficient (Wildman–Crippen LogP) is 1.81. The van der Waals surface area contributed by atoms with Crippen LogP contribution in [0.2, 0.25) is 0 Å². The van der Waals surface area contributed by atoms with E-state index >= 15 is 0 Å². The van der Waals surface area contributed by atoms with E-state index in [0.29, 0.717) is 6.54 Å². The summed E-state index contributed by atoms with van der Waals surface area (Å²) >= 11 is 0. The number of ether oxygens (including phenoxy) is 1. The van der Waals surface area contributed by atoms with E-state index in [4.69, 9.17) is 4.74 Å². The Labute approximate surface area is 147 Å². The van der Waals surface area contributed by atoms with E-state index in [1.165, 1.54) is 4.90 Å². The van der Waals surface area contributed by atoms with Gasteiger partial charge in [-0.1, -0.05) is 30.3 Å². The first-order valence-electron chi connectivity index (χ1n) is 7.83. The molecule has 0 heterocycles. The van der Waals surface area contributed by atoms with Crippen molar-refractivity contribution in [2.24, 2.45) is 0 Å². The molecule has 0 fully saturated rings. The third-order valence-electron chi connectivity index (χ3n) is 3.06. The van der Waals surface area contributed by atoms with Crippen LogP contribution >= 0.6 is 0 Å². The molecule has 0 saturated heterocycles. The third-order valence-corrected chi connectivity index (χ3v) is 3.06. The number of carbonyl (C=O) groups excluding carboxylic acids is 2. The minimum Gasteiger partial charge on any atom is -0.480 e. The van der Waals surface area contributed by atoms with Crippen LogP contribution in [0, 0.1) is 0 Å². The minimum atomic E-state index is -1.29. The smallest absolute Gasteiger partial charge is 0.408 e. The third kappa shape index (κ3) is 8.05. The summed E-state index contributed by atoms with van der Waals surface area (Å²) in [7, 11) is 1.60. The second-order valence-corrected chi connectivity index (χ2v) is 6.56. The Bertz CT molecular complexity index is 598. The van der Waals surface area contributed by atoms with Gasteiger partial charge in [-0.25, -0.2) is 14.4 Å². The fraction of sp³-hybridized carbons (Fsp3) is 0.471. The second-order valence-electron chi connectivity index (χ2n) is 6.56. The molecule has 1 unspecified atom stereocenters. The maximum absolute atomic E-state index is 12.1. The highest BCUT2D eigenvalue weighted by Gasteiger charge is 2.24. The van der Waals surface area contributed by atoms with E-state index in [1.807, 2.05) is 30.3 Å². The van der Waals surface area contributed by atoms with E-state index in [9.17, 15) is 19.5 Å². The number of carboxylic acids is 1. The minimum absolute atomic E-state index is 0.257. The molecule has 1 rings (SSSR count). The fourth-order valence-corrected chi connectivity index (χ4v) is 1.90. The van der Waals surface area contributed by atoms with Gasteiger partial charge in [0, 0.05) is 13.6 Å². The van der Waals surface area contributed by atoms with Crippen LogP contribution in [0.3, 0.4) is 0 Å². The standard InChI is InChI=1S/C17H25N3O5/c1-17(2,3)25-16(24)19-13(14(21)22)10-18-15(23)20(4)11-12-8-6-5-7-9-12/h5-9,13H,10-11H2,1-4H3,(H,18,23)(H,19,24)(H,21,22). The SMILES string of the molecule is CN(Cc1ccccc1)C(=O)NCC(NC(=O)OC(C)(C)C)C(=O)O. The van der Waals surface area contributed by atoms with Gasteiger partial charge < -0.3 is 25.4 Å². The molecule has 1 aromatic rings. The maximum Gasteiger partial charge on any atom is 0.408 e. The number of aliphatic carboxylic acids is 1. The number of hydrogen-bond donors (Lipinski definition) is 3. The molecule has 3 N–H and O–H groups in total. The van der Waals surface area contributed by atoms with Crippen LogP contribution in [-0.2, 0) is 16.1 Å². The number of amides is 3. The molecule has 138 valence electrons. The molecule has 0 bridgehead atoms. The van der Waals surface area contributed by atoms with Gasteiger partial charge in [-0.15, -0.1) is 0 Å². The van der Waals surface area contributed by atoms with Gasteiger partial charge in [0.25, 0.3) is 0 Å². The predicted molar refractivity (Wildman–Crippen MR) is 92.1 cm³/mol. The summed E-state index contributed by atoms with van der Waals surface area (Å²) in [4.78, 5) is 36.4. The van der Waals surface area contributed by atoms with Crippen molar-refractivity contribution in [3.05, 3.63) is 35.9 Å². The summed E-state index contributed by atoms with van der Waals surface area (Å²) in [5.41, 5.74) is 0.202. The molecule has 1 aromatic carbocycles. The number of nitrogens with zero attached hydrogens (tertiary/aromatic N) is 1. The zero-order valence-electron chi connectivity index (χ0n) is 14.9. The molecule has 0 aliphatic rings. The molecule has 0 spiro atoms. The molecular weight excluding hydrogens is 326 g/mol. The molecule has 0 radical (unpaired) electrons. The van der Waals surface area contributed by atoms with E-state index in [2.05, 4.69) is 10.6 Å². The molecule has 0 saturated carbocycles. The van der Waals surface area contributed by atoms with Crippen LogP contribution in [0.4, 0.5) is 9.59 Å². The number of alkyl carbamates (subject to hydrolysis) is 1. The Kier molecular flexibility index (Phi) is 7.22. The van der Waals surface area contributed by atoms with Gasteiger partial charge in [-0.2, -0.15) is 0 Å². The molecule has 1 atom stereocenters. The van der Waals surface area contributed by atoms with Crippen molar-refractivity contribution in [1.82, 2.24) is 15.5 Å². The molecule has 25 heavy (non-hydrogen) atoms. The highest BCUT2D eigenvalue weighted by Crippen LogP contribution is 2.07. The van der Waals surface area contributed by atoms with Gasteiger partial charge in [0.15, 0.2) is 0 Å². The van der Waals surface area contributed by atoms with Crippen molar-refractivity contribution in [3.63, 3.8) is 0 Å². The normalized spacial score (nSPS) is 12.0. The summed E-state index contributed by atoms with van der Waals surface area (Å²) in [6.07, 6.45) is -0.855. The summed E-state index contributed by atoms with van der Waals surface area (Å²) in [6, 6.07) is 7.65. The fourth-order valence-electron chi connectivity index (χ4n) is 1.90. The molecule has 0 aromatic heterocycles. The highest BCUT2D eigenvalue weighted by molar-refractivity contribution is 5.81. The number of hydrogen-bond acceptors (Lipinski definition) is 4. The van der Waals surface area contributed by atoms with Crippen molar-refractivity contribution < 1.29 is 24.2 Å². The first-order valence-corrected chi connectivity index (χ1v) is 7.83. The zero-order chi connectivity index (χ0) is 19.0. The average molecular weight is 351 g/mol. The first-order chi connectivity index (χ1) is 11.6. The summed E-state index contributed by atoms with van der Waals surface area (Å²) in [6.45, 7) is 5.13.